The van der Waals surface area contributed by atoms with Gasteiger partial charge in [-0.1, -0.05) is 32.9 Å². The lowest BCUT2D eigenvalue weighted by atomic mass is 9.73. The Bertz CT molecular complexity index is 1480. The minimum Gasteiger partial charge on any atom is -0.459 e. The van der Waals surface area contributed by atoms with Gasteiger partial charge in [0.05, 0.1) is 59.5 Å². The average Bonchev–Trinajstić information content (AvgIpc) is 3.77. The fourth-order valence-electron chi connectivity index (χ4n) is 10.6. The predicted octanol–water partition coefficient (Wildman–Crippen LogP) is 4.40. The van der Waals surface area contributed by atoms with E-state index in [9.17, 15) is 20.1 Å². The second kappa shape index (κ2) is 24.3. The molecule has 0 aromatic rings. The minimum atomic E-state index is -1.90. The fourth-order valence-corrected chi connectivity index (χ4v) is 10.6. The SMILES string of the molecule is CC[C@H]1OC(=O)[C@H](C)[C@@H](O[C@@H]2C[C@](C)(OC)[C@H](OCCCN(C)C)[C@@H](C)O2)[C@H](C)[C@@H](O[C@@H]2O[C@H](C)C[C@H](N(C)C)[C@H]2O)[C@](C)(OC)C[C@@H](C)/C(=N\OCC2CCCO2)[C@H](C)[C@@H](O)[C@]1(C)O. The van der Waals surface area contributed by atoms with Crippen LogP contribution in [0.3, 0.4) is 0 Å². The fraction of sp³-hybridized carbons (Fsp3) is 0.958. The van der Waals surface area contributed by atoms with Crippen LogP contribution in [0.15, 0.2) is 5.16 Å². The molecule has 0 aromatic carbocycles. The molecule has 0 bridgehead atoms. The maximum atomic E-state index is 14.7. The molecule has 4 aliphatic heterocycles. The number of methoxy groups -OCH3 is 2. The van der Waals surface area contributed by atoms with Crippen molar-refractivity contribution in [3.63, 3.8) is 0 Å². The highest BCUT2D eigenvalue weighted by molar-refractivity contribution is 5.88. The third-order valence-electron chi connectivity index (χ3n) is 14.8. The lowest BCUT2D eigenvalue weighted by molar-refractivity contribution is -0.322. The summed E-state index contributed by atoms with van der Waals surface area (Å²) >= 11 is 0. The molecule has 4 heterocycles. The highest BCUT2D eigenvalue weighted by Gasteiger charge is 2.54. The third kappa shape index (κ3) is 13.8. The quantitative estimate of drug-likeness (QED) is 0.112. The van der Waals surface area contributed by atoms with E-state index in [0.29, 0.717) is 25.3 Å². The Morgan fingerprint density at radius 2 is 1.55 bits per heavy atom. The van der Waals surface area contributed by atoms with E-state index in [2.05, 4.69) is 10.1 Å². The minimum absolute atomic E-state index is 0.109. The number of hydrogen-bond acceptors (Lipinski definition) is 17. The first-order valence-corrected chi connectivity index (χ1v) is 24.2. The van der Waals surface area contributed by atoms with E-state index >= 15 is 0 Å². The lowest BCUT2D eigenvalue weighted by Crippen LogP contribution is -2.61. The molecule has 0 radical (unpaired) electrons. The summed E-state index contributed by atoms with van der Waals surface area (Å²) in [6, 6.07) is -0.269. The number of esters is 1. The molecule has 3 N–H and O–H groups in total. The number of nitrogens with zero attached hydrogens (tertiary/aromatic N) is 3. The van der Waals surface area contributed by atoms with E-state index < -0.39 is 102 Å². The van der Waals surface area contributed by atoms with E-state index in [1.54, 1.807) is 35.0 Å². The maximum absolute atomic E-state index is 14.7. The van der Waals surface area contributed by atoms with Crippen molar-refractivity contribution >= 4 is 11.7 Å². The number of carbonyl (C=O) groups excluding carboxylic acids is 1. The molecule has 4 rings (SSSR count). The molecule has 4 aliphatic rings. The summed E-state index contributed by atoms with van der Waals surface area (Å²) in [7, 11) is 11.1. The van der Waals surface area contributed by atoms with Gasteiger partial charge in [-0.05, 0) is 115 Å². The zero-order valence-corrected chi connectivity index (χ0v) is 42.7. The monoisotopic (exact) mass is 932 g/mol. The lowest BCUT2D eigenvalue weighted by Gasteiger charge is -2.50. The molecule has 0 spiro atoms. The van der Waals surface area contributed by atoms with Crippen molar-refractivity contribution in [1.29, 1.82) is 0 Å². The van der Waals surface area contributed by atoms with Crippen LogP contribution in [-0.4, -0.2) is 196 Å². The Hall–Kier alpha value is -1.58. The Kier molecular flexibility index (Phi) is 20.9. The molecule has 0 amide bonds. The van der Waals surface area contributed by atoms with E-state index in [1.165, 1.54) is 6.92 Å². The molecule has 0 aliphatic carbocycles. The van der Waals surface area contributed by atoms with E-state index in [0.717, 1.165) is 25.8 Å². The van der Waals surface area contributed by atoms with Gasteiger partial charge in [0.25, 0.3) is 0 Å². The van der Waals surface area contributed by atoms with Gasteiger partial charge in [-0.3, -0.25) is 4.79 Å². The highest BCUT2D eigenvalue weighted by atomic mass is 16.7. The van der Waals surface area contributed by atoms with E-state index in [4.69, 9.17) is 47.5 Å². The van der Waals surface area contributed by atoms with Crippen LogP contribution in [0.4, 0.5) is 0 Å². The van der Waals surface area contributed by atoms with Crippen LogP contribution in [0.25, 0.3) is 0 Å². The number of cyclic esters (lactones) is 1. The second-order valence-corrected chi connectivity index (χ2v) is 20.7. The topological polar surface area (TPSA) is 189 Å². The number of ether oxygens (including phenoxy) is 9. The second-order valence-electron chi connectivity index (χ2n) is 20.7. The van der Waals surface area contributed by atoms with Gasteiger partial charge in [-0.25, -0.2) is 0 Å². The molecule has 19 atom stereocenters. The summed E-state index contributed by atoms with van der Waals surface area (Å²) in [6.45, 7) is 20.8. The van der Waals surface area contributed by atoms with Crippen molar-refractivity contribution in [3.8, 4) is 0 Å². The zero-order chi connectivity index (χ0) is 48.6. The average molecular weight is 932 g/mol. The van der Waals surface area contributed by atoms with Crippen LogP contribution in [0.1, 0.15) is 114 Å². The molecule has 65 heavy (non-hydrogen) atoms. The first-order valence-electron chi connectivity index (χ1n) is 24.2. The van der Waals surface area contributed by atoms with Gasteiger partial charge in [0, 0.05) is 57.6 Å². The van der Waals surface area contributed by atoms with Crippen LogP contribution < -0.4 is 0 Å². The number of aliphatic hydroxyl groups is 3. The molecular weight excluding hydrogens is 843 g/mol. The summed E-state index contributed by atoms with van der Waals surface area (Å²) in [5.74, 6) is -3.50. The summed E-state index contributed by atoms with van der Waals surface area (Å²) in [4.78, 5) is 24.7. The van der Waals surface area contributed by atoms with Gasteiger partial charge in [0.1, 0.15) is 30.5 Å². The molecule has 4 fully saturated rings. The standard InChI is InChI=1S/C48H89N3O14/c1-17-36-48(10,55)41(53)30(4)38(49-60-27-34-20-18-22-58-34)28(2)25-46(8,56-15)42(65-45-39(52)35(51(13)14)24-29(3)61-45)31(5)40(32(6)44(54)63-36)64-37-26-47(9,57-16)43(33(7)62-37)59-23-19-21-50(11)12/h28-37,39-43,45,52-53,55H,17-27H2,1-16H3/b49-38+/t28-,29-,30+,31+,32-,33-,34?,35+,36-,37-,39-,40+,41-,42-,43-,45+,46-,47+,48-/m1/s1. The first-order chi connectivity index (χ1) is 30.4. The van der Waals surface area contributed by atoms with E-state index in [1.807, 2.05) is 74.6 Å². The van der Waals surface area contributed by atoms with Gasteiger partial charge in [0.2, 0.25) is 0 Å². The molecular formula is C48H89N3O14. The maximum Gasteiger partial charge on any atom is 0.311 e. The van der Waals surface area contributed by atoms with Crippen molar-refractivity contribution in [1.82, 2.24) is 9.80 Å². The zero-order valence-electron chi connectivity index (χ0n) is 42.7. The highest BCUT2D eigenvalue weighted by Crippen LogP contribution is 2.42. The summed E-state index contributed by atoms with van der Waals surface area (Å²) < 4.78 is 58.3. The molecule has 17 nitrogen and oxygen atoms in total. The van der Waals surface area contributed by atoms with Gasteiger partial charge >= 0.3 is 5.97 Å². The van der Waals surface area contributed by atoms with Gasteiger partial charge < -0.3 is 72.6 Å². The number of hydrogen-bond donors (Lipinski definition) is 3. The molecule has 1 unspecified atom stereocenters. The van der Waals surface area contributed by atoms with Gasteiger partial charge in [-0.2, -0.15) is 0 Å². The van der Waals surface area contributed by atoms with Crippen molar-refractivity contribution in [2.24, 2.45) is 28.8 Å². The van der Waals surface area contributed by atoms with Crippen molar-refractivity contribution in [3.05, 3.63) is 0 Å². The number of rotatable bonds is 16. The van der Waals surface area contributed by atoms with Crippen molar-refractivity contribution in [2.45, 2.75) is 205 Å². The predicted molar refractivity (Wildman–Crippen MR) is 245 cm³/mol. The Morgan fingerprint density at radius 3 is 2.14 bits per heavy atom. The number of aliphatic hydroxyl groups excluding tert-OH is 2. The normalized spacial score (nSPS) is 44.6. The van der Waals surface area contributed by atoms with E-state index in [-0.39, 0.29) is 44.1 Å². The van der Waals surface area contributed by atoms with Crippen LogP contribution >= 0.6 is 0 Å². The Balaban J connectivity index is 1.85. The van der Waals surface area contributed by atoms with Crippen LogP contribution in [-0.2, 0) is 52.3 Å². The summed E-state index contributed by atoms with van der Waals surface area (Å²) in [6.07, 6.45) is -4.68. The van der Waals surface area contributed by atoms with Crippen LogP contribution in [0.5, 0.6) is 0 Å². The summed E-state index contributed by atoms with van der Waals surface area (Å²) in [5, 5.41) is 40.8. The Morgan fingerprint density at radius 1 is 0.892 bits per heavy atom. The van der Waals surface area contributed by atoms with Crippen molar-refractivity contribution in [2.75, 3.05) is 68.8 Å². The number of carbonyl (C=O) groups is 1. The largest absolute Gasteiger partial charge is 0.459 e. The van der Waals surface area contributed by atoms with Crippen LogP contribution in [0.2, 0.25) is 0 Å². The molecule has 4 saturated heterocycles. The molecule has 0 aromatic heterocycles. The smallest absolute Gasteiger partial charge is 0.311 e. The van der Waals surface area contributed by atoms with Crippen LogP contribution in [0, 0.1) is 23.7 Å². The van der Waals surface area contributed by atoms with Crippen molar-refractivity contribution < 1.29 is 67.6 Å². The van der Waals surface area contributed by atoms with Gasteiger partial charge in [0.15, 0.2) is 12.6 Å². The third-order valence-corrected chi connectivity index (χ3v) is 14.8. The summed E-state index contributed by atoms with van der Waals surface area (Å²) in [5.41, 5.74) is -3.44. The molecule has 17 heteroatoms. The Labute approximate surface area is 390 Å². The number of oxime groups is 1. The van der Waals surface area contributed by atoms with Gasteiger partial charge in [-0.15, -0.1) is 0 Å². The molecule has 0 saturated carbocycles. The first kappa shape index (κ1) is 56.0. The number of likely N-dealkylation sites (N-methyl/N-ethyl adjacent to an activating group) is 1. The molecule has 380 valence electrons.